The maximum Gasteiger partial charge on any atom is 0.120 e. The highest BCUT2D eigenvalue weighted by Crippen LogP contribution is 2.23. The topological polar surface area (TPSA) is 43.7 Å². The standard InChI is InChI=1S/C17H19Cl2NO2/c18-9-16(21)12-20(10-13-4-2-1-3-5-13)11-14-8-15(19)6-7-17(14)22/h1-8,16,21-22H,9-12H2. The first-order valence-corrected chi connectivity index (χ1v) is 7.97. The van der Waals surface area contributed by atoms with Gasteiger partial charge in [0.1, 0.15) is 5.75 Å². The molecule has 22 heavy (non-hydrogen) atoms. The summed E-state index contributed by atoms with van der Waals surface area (Å²) in [6.45, 7) is 1.56. The van der Waals surface area contributed by atoms with Crippen molar-refractivity contribution >= 4 is 23.2 Å². The van der Waals surface area contributed by atoms with E-state index < -0.39 is 6.10 Å². The highest BCUT2D eigenvalue weighted by atomic mass is 35.5. The molecule has 1 unspecified atom stereocenters. The molecule has 2 aromatic carbocycles. The number of hydrogen-bond donors (Lipinski definition) is 2. The Kier molecular flexibility index (Phi) is 6.52. The van der Waals surface area contributed by atoms with Gasteiger partial charge in [0.2, 0.25) is 0 Å². The van der Waals surface area contributed by atoms with Gasteiger partial charge in [-0.05, 0) is 23.8 Å². The molecule has 0 fully saturated rings. The maximum atomic E-state index is 9.97. The van der Waals surface area contributed by atoms with Crippen molar-refractivity contribution in [3.8, 4) is 5.75 Å². The molecule has 1 atom stereocenters. The number of rotatable bonds is 7. The van der Waals surface area contributed by atoms with Gasteiger partial charge in [0, 0.05) is 36.1 Å². The third-order valence-corrected chi connectivity index (χ3v) is 3.92. The number of hydrogen-bond acceptors (Lipinski definition) is 3. The molecule has 0 spiro atoms. The number of alkyl halides is 1. The van der Waals surface area contributed by atoms with Crippen LogP contribution in [0.2, 0.25) is 5.02 Å². The van der Waals surface area contributed by atoms with Gasteiger partial charge in [-0.15, -0.1) is 11.6 Å². The molecule has 0 aliphatic heterocycles. The molecule has 2 rings (SSSR count). The van der Waals surface area contributed by atoms with E-state index in [4.69, 9.17) is 23.2 Å². The first-order valence-electron chi connectivity index (χ1n) is 7.06. The van der Waals surface area contributed by atoms with E-state index in [1.807, 2.05) is 35.2 Å². The lowest BCUT2D eigenvalue weighted by molar-refractivity contribution is 0.120. The molecular weight excluding hydrogens is 321 g/mol. The molecule has 0 amide bonds. The van der Waals surface area contributed by atoms with E-state index in [9.17, 15) is 10.2 Å². The minimum absolute atomic E-state index is 0.173. The number of aliphatic hydroxyl groups is 1. The number of aliphatic hydroxyl groups excluding tert-OH is 1. The Bertz CT molecular complexity index is 592. The van der Waals surface area contributed by atoms with Crippen molar-refractivity contribution < 1.29 is 10.2 Å². The summed E-state index contributed by atoms with van der Waals surface area (Å²) in [6.07, 6.45) is -0.619. The predicted molar refractivity (Wildman–Crippen MR) is 90.4 cm³/mol. The Morgan fingerprint density at radius 2 is 1.77 bits per heavy atom. The van der Waals surface area contributed by atoms with Crippen molar-refractivity contribution in [3.05, 3.63) is 64.7 Å². The molecule has 0 saturated carbocycles. The molecular formula is C17H19Cl2NO2. The number of halogens is 2. The average molecular weight is 340 g/mol. The molecule has 0 aromatic heterocycles. The second-order valence-corrected chi connectivity index (χ2v) is 5.98. The molecule has 2 aromatic rings. The summed E-state index contributed by atoms with van der Waals surface area (Å²) in [5.41, 5.74) is 1.86. The normalized spacial score (nSPS) is 12.5. The molecule has 0 aliphatic carbocycles. The smallest absolute Gasteiger partial charge is 0.120 e. The monoisotopic (exact) mass is 339 g/mol. The van der Waals surface area contributed by atoms with Gasteiger partial charge in [-0.1, -0.05) is 41.9 Å². The molecule has 3 nitrogen and oxygen atoms in total. The Labute approximate surface area is 140 Å². The van der Waals surface area contributed by atoms with Gasteiger partial charge in [0.25, 0.3) is 0 Å². The minimum atomic E-state index is -0.619. The van der Waals surface area contributed by atoms with Gasteiger partial charge in [-0.2, -0.15) is 0 Å². The van der Waals surface area contributed by atoms with E-state index in [2.05, 4.69) is 0 Å². The van der Waals surface area contributed by atoms with Crippen LogP contribution in [0.25, 0.3) is 0 Å². The fourth-order valence-corrected chi connectivity index (χ4v) is 2.59. The number of benzene rings is 2. The quantitative estimate of drug-likeness (QED) is 0.756. The molecule has 0 bridgehead atoms. The van der Waals surface area contributed by atoms with Crippen molar-refractivity contribution in [3.63, 3.8) is 0 Å². The fraction of sp³-hybridized carbons (Fsp3) is 0.294. The Balaban J connectivity index is 2.15. The molecule has 118 valence electrons. The number of phenolic OH excluding ortho intramolecular Hbond substituents is 1. The van der Waals surface area contributed by atoms with Gasteiger partial charge in [-0.3, -0.25) is 4.90 Å². The molecule has 2 N–H and O–H groups in total. The van der Waals surface area contributed by atoms with Crippen LogP contribution in [-0.2, 0) is 13.1 Å². The summed E-state index contributed by atoms with van der Waals surface area (Å²) in [5, 5.41) is 20.4. The third-order valence-electron chi connectivity index (χ3n) is 3.33. The molecule has 0 aliphatic rings. The van der Waals surface area contributed by atoms with Gasteiger partial charge in [-0.25, -0.2) is 0 Å². The van der Waals surface area contributed by atoms with Crippen LogP contribution in [0.5, 0.6) is 5.75 Å². The molecule has 0 heterocycles. The van der Waals surface area contributed by atoms with Crippen LogP contribution in [0.4, 0.5) is 0 Å². The SMILES string of the molecule is Oc1ccc(Cl)cc1CN(Cc1ccccc1)CC(O)CCl. The summed E-state index contributed by atoms with van der Waals surface area (Å²) in [6, 6.07) is 14.9. The van der Waals surface area contributed by atoms with E-state index >= 15 is 0 Å². The van der Waals surface area contributed by atoms with Crippen molar-refractivity contribution in [2.24, 2.45) is 0 Å². The number of aromatic hydroxyl groups is 1. The molecule has 0 saturated heterocycles. The van der Waals surface area contributed by atoms with Crippen LogP contribution in [0.3, 0.4) is 0 Å². The van der Waals surface area contributed by atoms with Crippen LogP contribution in [0.15, 0.2) is 48.5 Å². The van der Waals surface area contributed by atoms with Gasteiger partial charge in [0.15, 0.2) is 0 Å². The molecule has 5 heteroatoms. The highest BCUT2D eigenvalue weighted by molar-refractivity contribution is 6.30. The Morgan fingerprint density at radius 3 is 2.45 bits per heavy atom. The summed E-state index contributed by atoms with van der Waals surface area (Å²) in [7, 11) is 0. The van der Waals surface area contributed by atoms with E-state index in [0.29, 0.717) is 24.7 Å². The second kappa shape index (κ2) is 8.39. The van der Waals surface area contributed by atoms with Crippen LogP contribution in [0.1, 0.15) is 11.1 Å². The fourth-order valence-electron chi connectivity index (χ4n) is 2.30. The first kappa shape index (κ1) is 17.1. The largest absolute Gasteiger partial charge is 0.508 e. The summed E-state index contributed by atoms with van der Waals surface area (Å²) in [4.78, 5) is 2.04. The predicted octanol–water partition coefficient (Wildman–Crippen LogP) is 3.65. The van der Waals surface area contributed by atoms with E-state index in [1.54, 1.807) is 18.2 Å². The van der Waals surface area contributed by atoms with E-state index in [0.717, 1.165) is 11.1 Å². The van der Waals surface area contributed by atoms with Crippen LogP contribution >= 0.6 is 23.2 Å². The van der Waals surface area contributed by atoms with Crippen molar-refractivity contribution in [2.75, 3.05) is 12.4 Å². The van der Waals surface area contributed by atoms with Crippen LogP contribution < -0.4 is 0 Å². The lowest BCUT2D eigenvalue weighted by Crippen LogP contribution is -2.32. The molecule has 0 radical (unpaired) electrons. The summed E-state index contributed by atoms with van der Waals surface area (Å²) >= 11 is 11.7. The highest BCUT2D eigenvalue weighted by Gasteiger charge is 2.14. The average Bonchev–Trinajstić information content (AvgIpc) is 2.51. The van der Waals surface area contributed by atoms with E-state index in [1.165, 1.54) is 0 Å². The third kappa shape index (κ3) is 5.18. The lowest BCUT2D eigenvalue weighted by Gasteiger charge is -2.25. The zero-order valence-electron chi connectivity index (χ0n) is 12.1. The van der Waals surface area contributed by atoms with E-state index in [-0.39, 0.29) is 11.6 Å². The van der Waals surface area contributed by atoms with Crippen LogP contribution in [-0.4, -0.2) is 33.6 Å². The zero-order valence-corrected chi connectivity index (χ0v) is 13.6. The summed E-state index contributed by atoms with van der Waals surface area (Å²) < 4.78 is 0. The van der Waals surface area contributed by atoms with Gasteiger partial charge in [0.05, 0.1) is 6.10 Å². The summed E-state index contributed by atoms with van der Waals surface area (Å²) in [5.74, 6) is 0.370. The zero-order chi connectivity index (χ0) is 15.9. The van der Waals surface area contributed by atoms with Crippen molar-refractivity contribution in [1.29, 1.82) is 0 Å². The first-order chi connectivity index (χ1) is 10.6. The second-order valence-electron chi connectivity index (χ2n) is 5.24. The lowest BCUT2D eigenvalue weighted by atomic mass is 10.1. The van der Waals surface area contributed by atoms with Crippen molar-refractivity contribution in [1.82, 2.24) is 4.90 Å². The number of nitrogens with zero attached hydrogens (tertiary/aromatic N) is 1. The van der Waals surface area contributed by atoms with Gasteiger partial charge < -0.3 is 10.2 Å². The Hall–Kier alpha value is -1.26. The van der Waals surface area contributed by atoms with Crippen LogP contribution in [0, 0.1) is 0 Å². The Morgan fingerprint density at radius 1 is 1.05 bits per heavy atom. The maximum absolute atomic E-state index is 9.97. The van der Waals surface area contributed by atoms with Crippen molar-refractivity contribution in [2.45, 2.75) is 19.2 Å². The number of phenols is 1. The van der Waals surface area contributed by atoms with Gasteiger partial charge >= 0.3 is 0 Å². The minimum Gasteiger partial charge on any atom is -0.508 e.